The quantitative estimate of drug-likeness (QED) is 0.0363. The van der Waals surface area contributed by atoms with Crippen molar-refractivity contribution >= 4 is 87.0 Å². The number of nitrogens with one attached hydrogen (secondary N) is 8. The normalized spacial score (nSPS) is 12.6. The molecule has 0 unspecified atom stereocenters. The molecule has 89 heavy (non-hydrogen) atoms. The number of aromatic amines is 1. The van der Waals surface area contributed by atoms with Crippen molar-refractivity contribution in [1.82, 2.24) is 57.2 Å². The second-order valence-electron chi connectivity index (χ2n) is 20.7. The molecule has 33 nitrogen and oxygen atoms in total. The second kappa shape index (κ2) is 51.1. The zero-order chi connectivity index (χ0) is 65.9. The average molecular weight is 1310 g/mol. The van der Waals surface area contributed by atoms with Crippen molar-refractivity contribution in [1.29, 1.82) is 0 Å². The highest BCUT2D eigenvalue weighted by Gasteiger charge is 2.25. The Hall–Kier alpha value is -6.66. The van der Waals surface area contributed by atoms with Gasteiger partial charge in [0.05, 0.1) is 51.1 Å². The monoisotopic (exact) mass is 1310 g/mol. The Morgan fingerprint density at radius 2 is 0.921 bits per heavy atom. The molecule has 0 bridgehead atoms. The molecule has 0 saturated heterocycles. The van der Waals surface area contributed by atoms with Gasteiger partial charge in [0, 0.05) is 57.5 Å². The van der Waals surface area contributed by atoms with Crippen LogP contribution in [0.4, 0.5) is 0 Å². The molecule has 14 N–H and O–H groups in total. The summed E-state index contributed by atoms with van der Waals surface area (Å²) >= 11 is 1.07. The number of H-pyrrole nitrogens is 1. The third kappa shape index (κ3) is 47.0. The standard InChI is InChI=1S/C54H94N12O21S2/c55-39(51(74)75)37-88-38-50(73)56-25-15-14-17-40(52(76)77)60-48(71)35-86-32-31-85-29-27-58-45(68)23-21-41(53(78)79)59-46(69)24-22-42(54(80)81)61-49(72)36-87-33-30-84-28-26-57-44(67)20-16-34-89(82,83)64-47(70)19-13-11-9-7-5-3-1-2-4-6-8-10-12-18-43-62-65-66-63-43/h39-42H,1-38,55H2,(H,56,73)(H,57,67)(H,58,68)(H,59,69)(H,60,71)(H,61,72)(H,64,70)(H,74,75)(H,76,77)(H,78,79)(H,80,81)(H,62,63,65,66)/t39-,40-,41-,42-/m0/s1. The topological polar surface area (TPSA) is 504 Å². The Balaban J connectivity index is 2.10. The van der Waals surface area contributed by atoms with Gasteiger partial charge in [-0.15, -0.1) is 22.0 Å². The number of sulfonamides is 1. The third-order valence-corrected chi connectivity index (χ3v) is 15.4. The van der Waals surface area contributed by atoms with Gasteiger partial charge in [-0.2, -0.15) is 5.21 Å². The number of rotatable bonds is 59. The zero-order valence-electron chi connectivity index (χ0n) is 50.6. The van der Waals surface area contributed by atoms with Gasteiger partial charge in [0.1, 0.15) is 37.4 Å². The number of carbonyl (C=O) groups excluding carboxylic acids is 7. The zero-order valence-corrected chi connectivity index (χ0v) is 52.3. The predicted molar refractivity (Wildman–Crippen MR) is 320 cm³/mol. The minimum atomic E-state index is -3.90. The van der Waals surface area contributed by atoms with E-state index in [1.807, 2.05) is 0 Å². The lowest BCUT2D eigenvalue weighted by atomic mass is 10.0. The maximum absolute atomic E-state index is 12.6. The molecule has 1 aromatic heterocycles. The van der Waals surface area contributed by atoms with Gasteiger partial charge in [-0.1, -0.05) is 75.8 Å². The summed E-state index contributed by atoms with van der Waals surface area (Å²) in [7, 11) is -3.90. The molecule has 0 aliphatic carbocycles. The summed E-state index contributed by atoms with van der Waals surface area (Å²) in [5.74, 6) is -9.16. The van der Waals surface area contributed by atoms with E-state index in [9.17, 15) is 76.5 Å². The van der Waals surface area contributed by atoms with E-state index in [0.717, 1.165) is 56.1 Å². The lowest BCUT2D eigenvalue weighted by molar-refractivity contribution is -0.144. The molecule has 508 valence electrons. The van der Waals surface area contributed by atoms with E-state index in [1.165, 1.54) is 44.9 Å². The number of carbonyl (C=O) groups is 11. The van der Waals surface area contributed by atoms with Gasteiger partial charge in [-0.3, -0.25) is 43.1 Å². The van der Waals surface area contributed by atoms with Crippen molar-refractivity contribution in [2.45, 2.75) is 178 Å². The molecule has 0 radical (unpaired) electrons. The number of hydrogen-bond acceptors (Lipinski definition) is 22. The Labute approximate surface area is 522 Å². The number of amides is 7. The number of aliphatic carboxylic acids is 4. The van der Waals surface area contributed by atoms with Gasteiger partial charge < -0.3 is 77.0 Å². The van der Waals surface area contributed by atoms with Gasteiger partial charge >= 0.3 is 23.9 Å². The van der Waals surface area contributed by atoms with Crippen LogP contribution in [-0.4, -0.2) is 229 Å². The molecule has 0 aromatic carbocycles. The summed E-state index contributed by atoms with van der Waals surface area (Å²) in [5, 5.41) is 65.9. The molecule has 0 spiro atoms. The molecule has 1 heterocycles. The first-order chi connectivity index (χ1) is 42.6. The van der Waals surface area contributed by atoms with Gasteiger partial charge in [0.2, 0.25) is 51.4 Å². The number of thioether (sulfide) groups is 1. The summed E-state index contributed by atoms with van der Waals surface area (Å²) in [4.78, 5) is 132. The SMILES string of the molecule is N[C@@H](CSCC(=O)NCCCC[C@H](NC(=O)COCCOCCNC(=O)CC[C@H](NC(=O)CC[C@H](NC(=O)COCCOCCNC(=O)CCCS(=O)(=O)NC(=O)CCCCCCCCCCCCCCCc1nn[nH]n1)C(=O)O)C(=O)O)C(=O)O)C(=O)O. The number of unbranched alkanes of at least 4 members (excludes halogenated alkanes) is 13. The van der Waals surface area contributed by atoms with Crippen molar-refractivity contribution in [3.63, 3.8) is 0 Å². The van der Waals surface area contributed by atoms with E-state index in [2.05, 4.69) is 57.2 Å². The van der Waals surface area contributed by atoms with E-state index in [1.54, 1.807) is 0 Å². The van der Waals surface area contributed by atoms with Crippen molar-refractivity contribution in [3.05, 3.63) is 5.82 Å². The maximum Gasteiger partial charge on any atom is 0.326 e. The van der Waals surface area contributed by atoms with E-state index in [-0.39, 0.29) is 115 Å². The molecule has 35 heteroatoms. The smallest absolute Gasteiger partial charge is 0.326 e. The number of nitrogens with zero attached hydrogens (tertiary/aromatic N) is 3. The van der Waals surface area contributed by atoms with Crippen LogP contribution in [-0.2, 0) is 88.1 Å². The summed E-state index contributed by atoms with van der Waals surface area (Å²) in [5.41, 5.74) is 5.38. The number of tetrazole rings is 1. The van der Waals surface area contributed by atoms with Crippen molar-refractivity contribution in [2.24, 2.45) is 5.73 Å². The minimum absolute atomic E-state index is 0.00184. The van der Waals surface area contributed by atoms with Crippen LogP contribution in [0.1, 0.15) is 154 Å². The first-order valence-electron chi connectivity index (χ1n) is 30.1. The van der Waals surface area contributed by atoms with Gasteiger partial charge in [-0.25, -0.2) is 22.8 Å². The minimum Gasteiger partial charge on any atom is -0.480 e. The third-order valence-electron chi connectivity index (χ3n) is 12.9. The number of ether oxygens (including phenoxy) is 4. The molecule has 7 amide bonds. The maximum atomic E-state index is 12.6. The lowest BCUT2D eigenvalue weighted by Crippen LogP contribution is -2.45. The van der Waals surface area contributed by atoms with Gasteiger partial charge in [0.25, 0.3) is 0 Å². The first kappa shape index (κ1) is 80.4. The fraction of sp³-hybridized carbons (Fsp3) is 0.778. The molecular weight excluding hydrogens is 1220 g/mol. The summed E-state index contributed by atoms with van der Waals surface area (Å²) in [6, 6.07) is -5.32. The van der Waals surface area contributed by atoms with Crippen LogP contribution in [0.15, 0.2) is 0 Å². The number of nitrogens with two attached hydrogens (primary N) is 1. The van der Waals surface area contributed by atoms with Crippen LogP contribution in [0.3, 0.4) is 0 Å². The number of aryl methyl sites for hydroxylation is 1. The number of carboxylic acids is 4. The van der Waals surface area contributed by atoms with Crippen LogP contribution in [0, 0.1) is 0 Å². The van der Waals surface area contributed by atoms with Gasteiger partial charge in [-0.05, 0) is 51.4 Å². The number of aromatic nitrogens is 4. The molecular formula is C54H94N12O21S2. The number of hydrogen-bond donors (Lipinski definition) is 13. The Morgan fingerprint density at radius 3 is 1.43 bits per heavy atom. The molecule has 4 atom stereocenters. The second-order valence-corrected chi connectivity index (χ2v) is 23.5. The molecule has 0 fully saturated rings. The average Bonchev–Trinajstić information content (AvgIpc) is 4.15. The number of carboxylic acid groups (broad SMARTS) is 4. The van der Waals surface area contributed by atoms with Crippen LogP contribution in [0.2, 0.25) is 0 Å². The molecule has 1 aromatic rings. The van der Waals surface area contributed by atoms with Crippen LogP contribution >= 0.6 is 11.8 Å². The van der Waals surface area contributed by atoms with E-state index < -0.39 is 125 Å². The Bertz CT molecular complexity index is 2360. The predicted octanol–water partition coefficient (Wildman–Crippen LogP) is -0.571. The summed E-state index contributed by atoms with van der Waals surface area (Å²) < 4.78 is 47.9. The summed E-state index contributed by atoms with van der Waals surface area (Å²) in [6.45, 7) is -0.753. The fourth-order valence-corrected chi connectivity index (χ4v) is 10.0. The van der Waals surface area contributed by atoms with Gasteiger partial charge in [0.15, 0.2) is 5.82 Å². The van der Waals surface area contributed by atoms with Crippen LogP contribution < -0.4 is 42.4 Å². The van der Waals surface area contributed by atoms with E-state index >= 15 is 0 Å². The van der Waals surface area contributed by atoms with E-state index in [0.29, 0.717) is 19.3 Å². The Morgan fingerprint density at radius 1 is 0.472 bits per heavy atom. The fourth-order valence-electron chi connectivity index (χ4n) is 8.14. The van der Waals surface area contributed by atoms with Crippen molar-refractivity contribution < 1.29 is 101 Å². The molecule has 1 rings (SSSR count). The Kier molecular flexibility index (Phi) is 46.2. The highest BCUT2D eigenvalue weighted by atomic mass is 32.2. The van der Waals surface area contributed by atoms with Crippen LogP contribution in [0.5, 0.6) is 0 Å². The van der Waals surface area contributed by atoms with Crippen molar-refractivity contribution in [3.8, 4) is 0 Å². The van der Waals surface area contributed by atoms with E-state index in [4.69, 9.17) is 29.8 Å². The summed E-state index contributed by atoms with van der Waals surface area (Å²) in [6.07, 6.45) is 14.3. The first-order valence-corrected chi connectivity index (χ1v) is 32.9. The highest BCUT2D eigenvalue weighted by molar-refractivity contribution is 8.00. The molecule has 0 aliphatic rings. The largest absolute Gasteiger partial charge is 0.480 e. The van der Waals surface area contributed by atoms with Crippen LogP contribution in [0.25, 0.3) is 0 Å². The lowest BCUT2D eigenvalue weighted by Gasteiger charge is -2.17. The highest BCUT2D eigenvalue weighted by Crippen LogP contribution is 2.14. The molecule has 0 saturated carbocycles. The van der Waals surface area contributed by atoms with Crippen molar-refractivity contribution in [2.75, 3.05) is 89.7 Å². The molecule has 0 aliphatic heterocycles.